The summed E-state index contributed by atoms with van der Waals surface area (Å²) in [4.78, 5) is 15.7. The van der Waals surface area contributed by atoms with E-state index in [2.05, 4.69) is 10.3 Å². The highest BCUT2D eigenvalue weighted by Crippen LogP contribution is 2.31. The van der Waals surface area contributed by atoms with E-state index in [-0.39, 0.29) is 5.78 Å². The zero-order chi connectivity index (χ0) is 14.5. The number of Topliss-reactive ketones (excluding diaryl/α,β-unsaturated/α-hetero) is 1. The van der Waals surface area contributed by atoms with Crippen molar-refractivity contribution in [3.05, 3.63) is 42.1 Å². The Labute approximate surface area is 117 Å². The third-order valence-electron chi connectivity index (χ3n) is 2.83. The van der Waals surface area contributed by atoms with E-state index < -0.39 is 0 Å². The largest absolute Gasteiger partial charge is 0.493 e. The minimum atomic E-state index is -0.0407. The van der Waals surface area contributed by atoms with E-state index in [1.54, 1.807) is 44.7 Å². The van der Waals surface area contributed by atoms with Gasteiger partial charge in [-0.25, -0.2) is 4.98 Å². The molecule has 0 radical (unpaired) electrons. The molecule has 0 aliphatic rings. The number of nitrogens with one attached hydrogen (secondary N) is 1. The summed E-state index contributed by atoms with van der Waals surface area (Å²) >= 11 is 0. The van der Waals surface area contributed by atoms with Gasteiger partial charge in [0, 0.05) is 18.0 Å². The smallest absolute Gasteiger partial charge is 0.163 e. The Balaban J connectivity index is 2.33. The molecular formula is C15H16N2O3. The Morgan fingerprint density at radius 3 is 2.55 bits per heavy atom. The second-order valence-electron chi connectivity index (χ2n) is 4.15. The zero-order valence-electron chi connectivity index (χ0n) is 11.6. The summed E-state index contributed by atoms with van der Waals surface area (Å²) in [6.45, 7) is 1.51. The standard InChI is InChI=1S/C15H16N2O3/c1-10(18)12-5-4-8-16-15(12)17-11-6-7-13(19-2)14(9-11)20-3/h4-9H,1-3H3,(H,16,17). The van der Waals surface area contributed by atoms with Crippen LogP contribution in [-0.4, -0.2) is 25.0 Å². The average molecular weight is 272 g/mol. The minimum Gasteiger partial charge on any atom is -0.493 e. The molecule has 2 aromatic rings. The molecule has 5 heteroatoms. The van der Waals surface area contributed by atoms with Crippen LogP contribution in [0, 0.1) is 0 Å². The van der Waals surface area contributed by atoms with E-state index in [0.717, 1.165) is 5.69 Å². The molecule has 1 N–H and O–H groups in total. The Morgan fingerprint density at radius 1 is 1.15 bits per heavy atom. The molecule has 0 bridgehead atoms. The van der Waals surface area contributed by atoms with Gasteiger partial charge in [0.05, 0.1) is 19.8 Å². The van der Waals surface area contributed by atoms with E-state index in [9.17, 15) is 4.79 Å². The molecule has 0 fully saturated rings. The molecule has 1 heterocycles. The van der Waals surface area contributed by atoms with Crippen molar-refractivity contribution in [1.29, 1.82) is 0 Å². The highest BCUT2D eigenvalue weighted by atomic mass is 16.5. The summed E-state index contributed by atoms with van der Waals surface area (Å²) in [5, 5.41) is 3.11. The Kier molecular flexibility index (Phi) is 4.20. The number of hydrogen-bond donors (Lipinski definition) is 1. The van der Waals surface area contributed by atoms with Gasteiger partial charge in [-0.3, -0.25) is 4.79 Å². The summed E-state index contributed by atoms with van der Waals surface area (Å²) in [6, 6.07) is 8.88. The van der Waals surface area contributed by atoms with E-state index in [0.29, 0.717) is 22.9 Å². The number of pyridine rings is 1. The van der Waals surface area contributed by atoms with Gasteiger partial charge in [0.15, 0.2) is 17.3 Å². The molecule has 0 unspecified atom stereocenters. The van der Waals surface area contributed by atoms with Crippen molar-refractivity contribution < 1.29 is 14.3 Å². The van der Waals surface area contributed by atoms with Crippen LogP contribution in [0.5, 0.6) is 11.5 Å². The molecule has 0 saturated carbocycles. The number of anilines is 2. The molecule has 5 nitrogen and oxygen atoms in total. The van der Waals surface area contributed by atoms with Gasteiger partial charge in [0.1, 0.15) is 5.82 Å². The first-order valence-electron chi connectivity index (χ1n) is 6.10. The number of hydrogen-bond acceptors (Lipinski definition) is 5. The van der Waals surface area contributed by atoms with Crippen molar-refractivity contribution >= 4 is 17.3 Å². The predicted molar refractivity (Wildman–Crippen MR) is 77.1 cm³/mol. The van der Waals surface area contributed by atoms with Crippen LogP contribution in [0.1, 0.15) is 17.3 Å². The summed E-state index contributed by atoms with van der Waals surface area (Å²) in [6.07, 6.45) is 1.63. The number of ether oxygens (including phenoxy) is 2. The summed E-state index contributed by atoms with van der Waals surface area (Å²) in [5.41, 5.74) is 1.31. The average Bonchev–Trinajstić information content (AvgIpc) is 2.47. The number of carbonyl (C=O) groups is 1. The Bertz CT molecular complexity index is 626. The van der Waals surface area contributed by atoms with Gasteiger partial charge >= 0.3 is 0 Å². The number of nitrogens with zero attached hydrogens (tertiary/aromatic N) is 1. The Morgan fingerprint density at radius 2 is 1.90 bits per heavy atom. The van der Waals surface area contributed by atoms with Crippen LogP contribution in [0.3, 0.4) is 0 Å². The maximum Gasteiger partial charge on any atom is 0.163 e. The number of benzene rings is 1. The van der Waals surface area contributed by atoms with E-state index >= 15 is 0 Å². The van der Waals surface area contributed by atoms with E-state index in [1.807, 2.05) is 6.07 Å². The first kappa shape index (κ1) is 13.9. The number of carbonyl (C=O) groups excluding carboxylic acids is 1. The number of methoxy groups -OCH3 is 2. The molecule has 0 aliphatic heterocycles. The lowest BCUT2D eigenvalue weighted by molar-refractivity contribution is 0.101. The first-order chi connectivity index (χ1) is 9.65. The normalized spacial score (nSPS) is 9.95. The second kappa shape index (κ2) is 6.06. The third-order valence-corrected chi connectivity index (χ3v) is 2.83. The zero-order valence-corrected chi connectivity index (χ0v) is 11.6. The Hall–Kier alpha value is -2.56. The first-order valence-corrected chi connectivity index (χ1v) is 6.10. The molecule has 0 aliphatic carbocycles. The number of ketones is 1. The maximum absolute atomic E-state index is 11.6. The van der Waals surface area contributed by atoms with Crippen molar-refractivity contribution in [2.75, 3.05) is 19.5 Å². The lowest BCUT2D eigenvalue weighted by Crippen LogP contribution is -2.02. The molecule has 0 atom stereocenters. The van der Waals surface area contributed by atoms with Gasteiger partial charge in [0.2, 0.25) is 0 Å². The summed E-state index contributed by atoms with van der Waals surface area (Å²) in [5.74, 6) is 1.73. The van der Waals surface area contributed by atoms with E-state index in [1.165, 1.54) is 6.92 Å². The predicted octanol–water partition coefficient (Wildman–Crippen LogP) is 3.05. The minimum absolute atomic E-state index is 0.0407. The molecular weight excluding hydrogens is 256 g/mol. The van der Waals surface area contributed by atoms with Crippen LogP contribution in [0.2, 0.25) is 0 Å². The lowest BCUT2D eigenvalue weighted by Gasteiger charge is -2.12. The highest BCUT2D eigenvalue weighted by molar-refractivity contribution is 5.99. The van der Waals surface area contributed by atoms with Gasteiger partial charge in [-0.2, -0.15) is 0 Å². The molecule has 0 spiro atoms. The van der Waals surface area contributed by atoms with Gasteiger partial charge in [-0.1, -0.05) is 0 Å². The monoisotopic (exact) mass is 272 g/mol. The van der Waals surface area contributed by atoms with Crippen LogP contribution in [0.4, 0.5) is 11.5 Å². The van der Waals surface area contributed by atoms with Crippen LogP contribution >= 0.6 is 0 Å². The van der Waals surface area contributed by atoms with Gasteiger partial charge in [0.25, 0.3) is 0 Å². The SMILES string of the molecule is COc1ccc(Nc2ncccc2C(C)=O)cc1OC. The topological polar surface area (TPSA) is 60.5 Å². The molecule has 0 amide bonds. The third kappa shape index (κ3) is 2.88. The van der Waals surface area contributed by atoms with Crippen LogP contribution < -0.4 is 14.8 Å². The molecule has 20 heavy (non-hydrogen) atoms. The van der Waals surface area contributed by atoms with Crippen molar-refractivity contribution in [3.63, 3.8) is 0 Å². The van der Waals surface area contributed by atoms with Crippen molar-refractivity contribution in [3.8, 4) is 11.5 Å². The van der Waals surface area contributed by atoms with Crippen molar-refractivity contribution in [1.82, 2.24) is 4.98 Å². The maximum atomic E-state index is 11.6. The highest BCUT2D eigenvalue weighted by Gasteiger charge is 2.10. The fourth-order valence-electron chi connectivity index (χ4n) is 1.84. The van der Waals surface area contributed by atoms with Gasteiger partial charge in [-0.05, 0) is 31.2 Å². The van der Waals surface area contributed by atoms with Crippen molar-refractivity contribution in [2.45, 2.75) is 6.92 Å². The van der Waals surface area contributed by atoms with Crippen LogP contribution in [-0.2, 0) is 0 Å². The molecule has 104 valence electrons. The molecule has 1 aromatic carbocycles. The number of rotatable bonds is 5. The molecule has 2 rings (SSSR count). The van der Waals surface area contributed by atoms with E-state index in [4.69, 9.17) is 9.47 Å². The fraction of sp³-hybridized carbons (Fsp3) is 0.200. The number of aromatic nitrogens is 1. The van der Waals surface area contributed by atoms with Gasteiger partial charge < -0.3 is 14.8 Å². The van der Waals surface area contributed by atoms with Gasteiger partial charge in [-0.15, -0.1) is 0 Å². The fourth-order valence-corrected chi connectivity index (χ4v) is 1.84. The summed E-state index contributed by atoms with van der Waals surface area (Å²) in [7, 11) is 3.15. The summed E-state index contributed by atoms with van der Waals surface area (Å²) < 4.78 is 10.4. The lowest BCUT2D eigenvalue weighted by atomic mass is 10.2. The van der Waals surface area contributed by atoms with Crippen LogP contribution in [0.15, 0.2) is 36.5 Å². The second-order valence-corrected chi connectivity index (χ2v) is 4.15. The quantitative estimate of drug-likeness (QED) is 0.848. The molecule has 1 aromatic heterocycles. The van der Waals surface area contributed by atoms with Crippen molar-refractivity contribution in [2.24, 2.45) is 0 Å². The van der Waals surface area contributed by atoms with Crippen LogP contribution in [0.25, 0.3) is 0 Å². The molecule has 0 saturated heterocycles.